The molecule has 0 aromatic carbocycles. The van der Waals surface area contributed by atoms with Crippen LogP contribution in [0, 0.1) is 50.7 Å². The van der Waals surface area contributed by atoms with Crippen molar-refractivity contribution in [2.45, 2.75) is 118 Å². The standard InChI is InChI=1S/C30H48O4/c1-18-23-19-8-9-21-26(4)12-11-22(31)25(2,3)20(26)10-13-28(21,6)27(19,5)14-16-30(23,24(32)33)17-15-29(18,7)34/h8,18,20-23,31,34H,9-17H2,1-7H3,(H,32,33). The third-order valence-electron chi connectivity index (χ3n) is 13.5. The van der Waals surface area contributed by atoms with Gasteiger partial charge < -0.3 is 15.3 Å². The van der Waals surface area contributed by atoms with Gasteiger partial charge in [0.15, 0.2) is 0 Å². The molecule has 5 aliphatic rings. The predicted molar refractivity (Wildman–Crippen MR) is 134 cm³/mol. The largest absolute Gasteiger partial charge is 0.481 e. The van der Waals surface area contributed by atoms with Gasteiger partial charge in [-0.2, -0.15) is 0 Å². The lowest BCUT2D eigenvalue weighted by Crippen LogP contribution is -2.66. The van der Waals surface area contributed by atoms with Crippen LogP contribution in [0.25, 0.3) is 0 Å². The first-order valence-corrected chi connectivity index (χ1v) is 13.9. The average Bonchev–Trinajstić information content (AvgIpc) is 2.74. The quantitative estimate of drug-likeness (QED) is 0.397. The Labute approximate surface area is 206 Å². The lowest BCUT2D eigenvalue weighted by atomic mass is 9.33. The van der Waals surface area contributed by atoms with Crippen LogP contribution >= 0.6 is 0 Å². The highest BCUT2D eigenvalue weighted by molar-refractivity contribution is 5.77. The molecule has 0 aromatic heterocycles. The highest BCUT2D eigenvalue weighted by Gasteiger charge is 2.70. The summed E-state index contributed by atoms with van der Waals surface area (Å²) in [5, 5.41) is 32.7. The first-order valence-electron chi connectivity index (χ1n) is 13.9. The van der Waals surface area contributed by atoms with Gasteiger partial charge in [0.05, 0.1) is 17.1 Å². The number of aliphatic carboxylic acids is 1. The Morgan fingerprint density at radius 3 is 2.21 bits per heavy atom. The lowest BCUT2D eigenvalue weighted by Gasteiger charge is -2.71. The summed E-state index contributed by atoms with van der Waals surface area (Å²) in [5.41, 5.74) is -0.0392. The molecule has 0 aliphatic heterocycles. The maximum absolute atomic E-state index is 12.8. The van der Waals surface area contributed by atoms with Crippen molar-refractivity contribution in [3.63, 3.8) is 0 Å². The molecule has 10 unspecified atom stereocenters. The molecule has 5 rings (SSSR count). The molecule has 4 nitrogen and oxygen atoms in total. The molecule has 0 saturated heterocycles. The molecule has 34 heavy (non-hydrogen) atoms. The Kier molecular flexibility index (Phi) is 5.20. The SMILES string of the molecule is CC1C2C3=CCC4C5(C)CCC(O)C(C)(C)C5CCC4(C)C3(C)CCC2(C(=O)O)CCC1(C)O. The number of aliphatic hydroxyl groups is 2. The normalized spacial score (nSPS) is 56.3. The van der Waals surface area contributed by atoms with Crippen molar-refractivity contribution in [1.29, 1.82) is 0 Å². The van der Waals surface area contributed by atoms with Gasteiger partial charge in [-0.1, -0.05) is 53.2 Å². The zero-order valence-corrected chi connectivity index (χ0v) is 22.6. The summed E-state index contributed by atoms with van der Waals surface area (Å²) in [6, 6.07) is 0. The summed E-state index contributed by atoms with van der Waals surface area (Å²) < 4.78 is 0. The highest BCUT2D eigenvalue weighted by Crippen LogP contribution is 2.75. The molecular weight excluding hydrogens is 424 g/mol. The lowest BCUT2D eigenvalue weighted by molar-refractivity contribution is -0.211. The fraction of sp³-hybridized carbons (Fsp3) is 0.900. The molecule has 192 valence electrons. The van der Waals surface area contributed by atoms with Gasteiger partial charge in [0.25, 0.3) is 0 Å². The molecule has 0 spiro atoms. The summed E-state index contributed by atoms with van der Waals surface area (Å²) in [6.07, 6.45) is 10.2. The molecule has 10 atom stereocenters. The first kappa shape index (κ1) is 24.8. The number of rotatable bonds is 1. The van der Waals surface area contributed by atoms with Crippen molar-refractivity contribution in [2.24, 2.45) is 50.7 Å². The van der Waals surface area contributed by atoms with Crippen LogP contribution < -0.4 is 0 Å². The Morgan fingerprint density at radius 1 is 0.912 bits per heavy atom. The Balaban J connectivity index is 1.62. The van der Waals surface area contributed by atoms with E-state index in [1.165, 1.54) is 5.57 Å². The smallest absolute Gasteiger partial charge is 0.310 e. The van der Waals surface area contributed by atoms with E-state index in [0.29, 0.717) is 31.1 Å². The van der Waals surface area contributed by atoms with Gasteiger partial charge in [0.2, 0.25) is 0 Å². The zero-order valence-electron chi connectivity index (χ0n) is 22.6. The minimum absolute atomic E-state index is 0.0462. The van der Waals surface area contributed by atoms with Crippen molar-refractivity contribution in [1.82, 2.24) is 0 Å². The molecular formula is C30H48O4. The molecule has 0 heterocycles. The van der Waals surface area contributed by atoms with E-state index in [-0.39, 0.29) is 39.6 Å². The van der Waals surface area contributed by atoms with Crippen LogP contribution in [0.2, 0.25) is 0 Å². The van der Waals surface area contributed by atoms with E-state index >= 15 is 0 Å². The van der Waals surface area contributed by atoms with Crippen LogP contribution in [0.3, 0.4) is 0 Å². The summed E-state index contributed by atoms with van der Waals surface area (Å²) in [6.45, 7) is 16.1. The first-order chi connectivity index (χ1) is 15.6. The van der Waals surface area contributed by atoms with Gasteiger partial charge >= 0.3 is 5.97 Å². The van der Waals surface area contributed by atoms with Crippen LogP contribution in [0.4, 0.5) is 0 Å². The Hall–Kier alpha value is -0.870. The fourth-order valence-electron chi connectivity index (χ4n) is 10.8. The second-order valence-electron chi connectivity index (χ2n) is 14.8. The van der Waals surface area contributed by atoms with E-state index in [4.69, 9.17) is 0 Å². The fourth-order valence-corrected chi connectivity index (χ4v) is 10.8. The number of hydrogen-bond donors (Lipinski definition) is 3. The second kappa shape index (κ2) is 7.12. The number of carboxylic acids is 1. The molecule has 4 fully saturated rings. The van der Waals surface area contributed by atoms with Crippen molar-refractivity contribution >= 4 is 5.97 Å². The van der Waals surface area contributed by atoms with Crippen molar-refractivity contribution in [3.05, 3.63) is 11.6 Å². The summed E-state index contributed by atoms with van der Waals surface area (Å²) in [4.78, 5) is 12.8. The topological polar surface area (TPSA) is 77.8 Å². The summed E-state index contributed by atoms with van der Waals surface area (Å²) >= 11 is 0. The van der Waals surface area contributed by atoms with Gasteiger partial charge in [0.1, 0.15) is 0 Å². The van der Waals surface area contributed by atoms with E-state index in [2.05, 4.69) is 47.6 Å². The molecule has 0 aromatic rings. The van der Waals surface area contributed by atoms with E-state index < -0.39 is 17.0 Å². The molecule has 5 aliphatic carbocycles. The van der Waals surface area contributed by atoms with Gasteiger partial charge in [-0.25, -0.2) is 0 Å². The molecule has 4 saturated carbocycles. The third-order valence-corrected chi connectivity index (χ3v) is 13.5. The number of allylic oxidation sites excluding steroid dienone is 2. The molecule has 0 bridgehead atoms. The van der Waals surface area contributed by atoms with Crippen LogP contribution in [-0.2, 0) is 4.79 Å². The maximum atomic E-state index is 12.8. The molecule has 3 N–H and O–H groups in total. The van der Waals surface area contributed by atoms with Gasteiger partial charge in [-0.15, -0.1) is 0 Å². The van der Waals surface area contributed by atoms with Crippen molar-refractivity contribution in [2.75, 3.05) is 0 Å². The monoisotopic (exact) mass is 472 g/mol. The van der Waals surface area contributed by atoms with E-state index in [9.17, 15) is 20.1 Å². The van der Waals surface area contributed by atoms with Crippen LogP contribution in [0.5, 0.6) is 0 Å². The number of carbonyl (C=O) groups is 1. The third kappa shape index (κ3) is 2.76. The number of carboxylic acid groups (broad SMARTS) is 1. The zero-order chi connectivity index (χ0) is 25.1. The number of aliphatic hydroxyl groups excluding tert-OH is 1. The van der Waals surface area contributed by atoms with Crippen LogP contribution in [0.1, 0.15) is 106 Å². The predicted octanol–water partition coefficient (Wildman–Crippen LogP) is 6.20. The highest BCUT2D eigenvalue weighted by atomic mass is 16.4. The Bertz CT molecular complexity index is 919. The van der Waals surface area contributed by atoms with Crippen molar-refractivity contribution < 1.29 is 20.1 Å². The molecule has 4 heteroatoms. The van der Waals surface area contributed by atoms with Gasteiger partial charge in [-0.05, 0) is 104 Å². The minimum Gasteiger partial charge on any atom is -0.481 e. The second-order valence-corrected chi connectivity index (χ2v) is 14.8. The van der Waals surface area contributed by atoms with E-state index in [1.807, 2.05) is 6.92 Å². The Morgan fingerprint density at radius 2 is 1.56 bits per heavy atom. The maximum Gasteiger partial charge on any atom is 0.310 e. The molecule has 0 amide bonds. The van der Waals surface area contributed by atoms with Gasteiger partial charge in [0, 0.05) is 5.92 Å². The van der Waals surface area contributed by atoms with Gasteiger partial charge in [-0.3, -0.25) is 4.79 Å². The molecule has 0 radical (unpaired) electrons. The van der Waals surface area contributed by atoms with Crippen LogP contribution in [-0.4, -0.2) is 33.0 Å². The van der Waals surface area contributed by atoms with Crippen LogP contribution in [0.15, 0.2) is 11.6 Å². The minimum atomic E-state index is -0.826. The summed E-state index contributed by atoms with van der Waals surface area (Å²) in [7, 11) is 0. The average molecular weight is 473 g/mol. The number of hydrogen-bond acceptors (Lipinski definition) is 3. The number of fused-ring (bicyclic) bond motifs is 7. The van der Waals surface area contributed by atoms with E-state index in [1.54, 1.807) is 0 Å². The summed E-state index contributed by atoms with van der Waals surface area (Å²) in [5.74, 6) is 0.223. The van der Waals surface area contributed by atoms with Crippen molar-refractivity contribution in [3.8, 4) is 0 Å². The van der Waals surface area contributed by atoms with E-state index in [0.717, 1.165) is 38.5 Å².